The molecule has 1 N–H and O–H groups in total. The molecule has 0 radical (unpaired) electrons. The second-order valence-electron chi connectivity index (χ2n) is 8.57. The van der Waals surface area contributed by atoms with Gasteiger partial charge in [0.25, 0.3) is 8.32 Å². The van der Waals surface area contributed by atoms with Crippen molar-refractivity contribution in [2.45, 2.75) is 63.7 Å². The smallest absolute Gasteiger partial charge is 0.252 e. The van der Waals surface area contributed by atoms with Crippen LogP contribution in [0, 0.1) is 0 Å². The van der Waals surface area contributed by atoms with E-state index in [2.05, 4.69) is 57.2 Å². The zero-order valence-electron chi connectivity index (χ0n) is 16.5. The van der Waals surface area contributed by atoms with E-state index in [0.29, 0.717) is 0 Å². The maximum absolute atomic E-state index is 11.8. The Morgan fingerprint density at radius 1 is 1.00 bits per heavy atom. The highest BCUT2D eigenvalue weighted by Crippen LogP contribution is 2.26. The van der Waals surface area contributed by atoms with Gasteiger partial charge in [-0.05, 0) is 33.8 Å². The Labute approximate surface area is 163 Å². The minimum Gasteiger partial charge on any atom is -0.424 e. The van der Waals surface area contributed by atoms with E-state index in [4.69, 9.17) is 4.74 Å². The van der Waals surface area contributed by atoms with Crippen LogP contribution < -0.4 is 10.4 Å². The molecule has 0 saturated carbocycles. The van der Waals surface area contributed by atoms with Crippen LogP contribution in [0.15, 0.2) is 54.6 Å². The molecule has 0 spiro atoms. The Morgan fingerprint density at radius 3 is 2.19 bits per heavy atom. The standard InChI is InChI=1S/C23H30O3Si/c1-23(2,3)18-12-14-20(15-13-18)27(25,19-9-5-4-6-10-19)16-8-7-11-21-22(17-24)26-21/h4-6,9-10,12-15,17,21-22,25H,7-8,11,16H2,1-3H3/t21-,22+,27?/m0/s1. The van der Waals surface area contributed by atoms with Crippen molar-refractivity contribution in [2.24, 2.45) is 0 Å². The lowest BCUT2D eigenvalue weighted by atomic mass is 9.87. The van der Waals surface area contributed by atoms with Gasteiger partial charge in [-0.2, -0.15) is 0 Å². The highest BCUT2D eigenvalue weighted by Gasteiger charge is 2.39. The van der Waals surface area contributed by atoms with Crippen molar-refractivity contribution in [1.29, 1.82) is 0 Å². The van der Waals surface area contributed by atoms with E-state index >= 15 is 0 Å². The molecule has 0 aromatic heterocycles. The summed E-state index contributed by atoms with van der Waals surface area (Å²) in [5, 5.41) is 2.12. The summed E-state index contributed by atoms with van der Waals surface area (Å²) in [7, 11) is -2.77. The normalized spacial score (nSPS) is 21.5. The van der Waals surface area contributed by atoms with Crippen molar-refractivity contribution in [3.63, 3.8) is 0 Å². The van der Waals surface area contributed by atoms with Gasteiger partial charge in [-0.25, -0.2) is 0 Å². The summed E-state index contributed by atoms with van der Waals surface area (Å²) >= 11 is 0. The molecule has 1 unspecified atom stereocenters. The van der Waals surface area contributed by atoms with E-state index in [0.717, 1.165) is 42.0 Å². The van der Waals surface area contributed by atoms with E-state index in [1.54, 1.807) is 0 Å². The first-order valence-corrected chi connectivity index (χ1v) is 12.0. The topological polar surface area (TPSA) is 49.8 Å². The van der Waals surface area contributed by atoms with Gasteiger partial charge in [-0.3, -0.25) is 0 Å². The molecule has 3 rings (SSSR count). The molecule has 4 heteroatoms. The third-order valence-electron chi connectivity index (χ3n) is 5.51. The van der Waals surface area contributed by atoms with Gasteiger partial charge < -0.3 is 14.3 Å². The molecule has 2 aromatic rings. The number of hydrogen-bond donors (Lipinski definition) is 1. The molecule has 2 aromatic carbocycles. The largest absolute Gasteiger partial charge is 0.424 e. The van der Waals surface area contributed by atoms with E-state index in [-0.39, 0.29) is 17.6 Å². The second-order valence-corrected chi connectivity index (χ2v) is 11.9. The lowest BCUT2D eigenvalue weighted by molar-refractivity contribution is -0.108. The summed E-state index contributed by atoms with van der Waals surface area (Å²) < 4.78 is 5.29. The fraction of sp³-hybridized carbons (Fsp3) is 0.435. The average Bonchev–Trinajstić information content (AvgIpc) is 3.44. The van der Waals surface area contributed by atoms with Crippen molar-refractivity contribution < 1.29 is 14.3 Å². The zero-order chi connectivity index (χ0) is 19.5. The van der Waals surface area contributed by atoms with Crippen LogP contribution in [-0.2, 0) is 14.9 Å². The number of carbonyl (C=O) groups is 1. The molecule has 1 fully saturated rings. The van der Waals surface area contributed by atoms with Gasteiger partial charge in [0.15, 0.2) is 6.29 Å². The van der Waals surface area contributed by atoms with Crippen molar-refractivity contribution in [2.75, 3.05) is 0 Å². The number of rotatable bonds is 8. The molecule has 1 aliphatic rings. The van der Waals surface area contributed by atoms with Gasteiger partial charge >= 0.3 is 0 Å². The van der Waals surface area contributed by atoms with Gasteiger partial charge in [-0.1, -0.05) is 88.2 Å². The number of epoxide rings is 1. The lowest BCUT2D eigenvalue weighted by Crippen LogP contribution is -2.58. The van der Waals surface area contributed by atoms with E-state index in [1.165, 1.54) is 5.56 Å². The summed E-state index contributed by atoms with van der Waals surface area (Å²) in [6.45, 7) is 6.61. The Bertz CT molecular complexity index is 751. The Hall–Kier alpha value is -1.75. The average molecular weight is 383 g/mol. The third-order valence-corrected chi connectivity index (χ3v) is 9.17. The van der Waals surface area contributed by atoms with Crippen LogP contribution in [0.5, 0.6) is 0 Å². The number of hydrogen-bond acceptors (Lipinski definition) is 3. The van der Waals surface area contributed by atoms with Crippen LogP contribution in [0.25, 0.3) is 0 Å². The number of benzene rings is 2. The molecule has 0 amide bonds. The number of unbranched alkanes of at least 4 members (excludes halogenated alkanes) is 1. The van der Waals surface area contributed by atoms with E-state index in [9.17, 15) is 9.59 Å². The van der Waals surface area contributed by atoms with Crippen LogP contribution in [0.1, 0.15) is 45.6 Å². The first-order chi connectivity index (χ1) is 12.8. The van der Waals surface area contributed by atoms with Crippen molar-refractivity contribution in [3.8, 4) is 0 Å². The quantitative estimate of drug-likeness (QED) is 0.330. The molecule has 1 saturated heterocycles. The molecule has 1 heterocycles. The minimum atomic E-state index is -2.77. The van der Waals surface area contributed by atoms with Gasteiger partial charge in [0.2, 0.25) is 0 Å². The molecule has 144 valence electrons. The second kappa shape index (κ2) is 8.09. The molecule has 1 aliphatic heterocycles. The molecule has 0 aliphatic carbocycles. The molecule has 27 heavy (non-hydrogen) atoms. The van der Waals surface area contributed by atoms with Crippen LogP contribution in [0.4, 0.5) is 0 Å². The summed E-state index contributed by atoms with van der Waals surface area (Å²) in [6.07, 6.45) is 3.59. The fourth-order valence-corrected chi connectivity index (χ4v) is 6.78. The minimum absolute atomic E-state index is 0.0973. The van der Waals surface area contributed by atoms with Gasteiger partial charge in [0.05, 0.1) is 6.10 Å². The summed E-state index contributed by atoms with van der Waals surface area (Å²) in [5.41, 5.74) is 1.38. The van der Waals surface area contributed by atoms with Gasteiger partial charge in [0.1, 0.15) is 6.10 Å². The monoisotopic (exact) mass is 382 g/mol. The maximum atomic E-state index is 11.8. The zero-order valence-corrected chi connectivity index (χ0v) is 17.5. The number of ether oxygens (including phenoxy) is 1. The van der Waals surface area contributed by atoms with Crippen LogP contribution >= 0.6 is 0 Å². The Balaban J connectivity index is 1.75. The van der Waals surface area contributed by atoms with Crippen LogP contribution in [-0.4, -0.2) is 31.6 Å². The predicted molar refractivity (Wildman–Crippen MR) is 112 cm³/mol. The van der Waals surface area contributed by atoms with Crippen molar-refractivity contribution >= 4 is 25.0 Å². The maximum Gasteiger partial charge on any atom is 0.252 e. The third kappa shape index (κ3) is 4.75. The number of carbonyl (C=O) groups excluding carboxylic acids is 1. The molecule has 3 nitrogen and oxygen atoms in total. The molecule has 0 bridgehead atoms. The molecule has 3 atom stereocenters. The van der Waals surface area contributed by atoms with Crippen LogP contribution in [0.3, 0.4) is 0 Å². The van der Waals surface area contributed by atoms with E-state index in [1.807, 2.05) is 18.2 Å². The highest BCUT2D eigenvalue weighted by molar-refractivity contribution is 6.96. The Morgan fingerprint density at radius 2 is 1.63 bits per heavy atom. The lowest BCUT2D eigenvalue weighted by Gasteiger charge is -2.28. The summed E-state index contributed by atoms with van der Waals surface area (Å²) in [6, 6.07) is 19.4. The SMILES string of the molecule is CC(C)(C)c1ccc([Si](O)(CCCC[C@@H]2O[C@@H]2C=O)c2ccccc2)cc1. The first-order valence-electron chi connectivity index (χ1n) is 9.84. The van der Waals surface area contributed by atoms with E-state index < -0.39 is 8.32 Å². The van der Waals surface area contributed by atoms with Crippen LogP contribution in [0.2, 0.25) is 6.04 Å². The van der Waals surface area contributed by atoms with Crippen molar-refractivity contribution in [3.05, 3.63) is 60.2 Å². The molecular weight excluding hydrogens is 352 g/mol. The van der Waals surface area contributed by atoms with Gasteiger partial charge in [0, 0.05) is 0 Å². The predicted octanol–water partition coefficient (Wildman–Crippen LogP) is 3.17. The van der Waals surface area contributed by atoms with Crippen molar-refractivity contribution in [1.82, 2.24) is 0 Å². The highest BCUT2D eigenvalue weighted by atomic mass is 28.4. The molecular formula is C23H30O3Si. The fourth-order valence-electron chi connectivity index (χ4n) is 3.65. The number of aldehydes is 1. The summed E-state index contributed by atoms with van der Waals surface area (Å²) in [5.74, 6) is 0. The first kappa shape index (κ1) is 20.0. The Kier molecular flexibility index (Phi) is 5.99. The van der Waals surface area contributed by atoms with Gasteiger partial charge in [-0.15, -0.1) is 0 Å². The summed E-state index contributed by atoms with van der Waals surface area (Å²) in [4.78, 5) is 22.5.